The molecule has 0 fully saturated rings. The summed E-state index contributed by atoms with van der Waals surface area (Å²) in [5.41, 5.74) is 2.13. The Balaban J connectivity index is 1.40. The number of nitrogens with two attached hydrogens (primary N) is 1. The zero-order valence-corrected chi connectivity index (χ0v) is 21.8. The summed E-state index contributed by atoms with van der Waals surface area (Å²) in [6, 6.07) is 11.3. The molecule has 0 aliphatic carbocycles. The predicted molar refractivity (Wildman–Crippen MR) is 149 cm³/mol. The van der Waals surface area contributed by atoms with E-state index >= 15 is 0 Å². The van der Waals surface area contributed by atoms with Crippen LogP contribution in [0.5, 0.6) is 0 Å². The number of hydrogen-bond acceptors (Lipinski definition) is 7. The Morgan fingerprint density at radius 1 is 1.05 bits per heavy atom. The Morgan fingerprint density at radius 2 is 1.75 bits per heavy atom. The number of aliphatic hydroxyl groups excluding tert-OH is 1. The van der Waals surface area contributed by atoms with Gasteiger partial charge in [-0.25, -0.2) is 9.18 Å². The molecule has 6 N–H and O–H groups in total. The van der Waals surface area contributed by atoms with Crippen LogP contribution in [0.15, 0.2) is 82.3 Å². The minimum Gasteiger partial charge on any atom is -0.395 e. The number of benzene rings is 2. The van der Waals surface area contributed by atoms with Crippen LogP contribution in [0.4, 0.5) is 26.2 Å². The van der Waals surface area contributed by atoms with Gasteiger partial charge < -0.3 is 26.0 Å². The van der Waals surface area contributed by atoms with E-state index < -0.39 is 22.3 Å². The molecule has 2 heterocycles. The average Bonchev–Trinajstić information content (AvgIpc) is 3.23. The highest BCUT2D eigenvalue weighted by Crippen LogP contribution is 2.31. The Morgan fingerprint density at radius 3 is 2.42 bits per heavy atom. The number of halogens is 1. The minimum absolute atomic E-state index is 0.000715. The molecule has 2 aromatic rings. The molecule has 0 radical (unpaired) electrons. The van der Waals surface area contributed by atoms with Crippen LogP contribution in [0.25, 0.3) is 0 Å². The summed E-state index contributed by atoms with van der Waals surface area (Å²) in [5, 5.41) is 17.1. The van der Waals surface area contributed by atoms with Crippen LogP contribution >= 0.6 is 0 Å². The number of anilines is 3. The van der Waals surface area contributed by atoms with E-state index in [9.17, 15) is 23.9 Å². The van der Waals surface area contributed by atoms with Gasteiger partial charge >= 0.3 is 17.8 Å². The SMILES string of the molecule is CCN(CCO)C(=O)CCC1=C2C=NC=C[N+]2(N)C(C(=O)Nc2ccc(NC(=O)Nc3cccc(F)c3)cc2)=N1. The molecule has 4 amide bonds. The normalized spacial score (nSPS) is 17.2. The molecule has 1 atom stereocenters. The molecule has 13 heteroatoms. The highest BCUT2D eigenvalue weighted by Gasteiger charge is 2.47. The number of fused-ring (bicyclic) bond motifs is 1. The average molecular weight is 550 g/mol. The Labute approximate surface area is 229 Å². The monoisotopic (exact) mass is 549 g/mol. The lowest BCUT2D eigenvalue weighted by Crippen LogP contribution is -2.56. The van der Waals surface area contributed by atoms with E-state index in [4.69, 9.17) is 5.84 Å². The molecule has 12 nitrogen and oxygen atoms in total. The van der Waals surface area contributed by atoms with E-state index in [-0.39, 0.29) is 37.7 Å². The second kappa shape index (κ2) is 12.4. The van der Waals surface area contributed by atoms with Crippen LogP contribution in [-0.2, 0) is 9.59 Å². The topological polar surface area (TPSA) is 162 Å². The summed E-state index contributed by atoms with van der Waals surface area (Å²) in [5.74, 6) is 5.38. The van der Waals surface area contributed by atoms with Crippen molar-refractivity contribution in [3.63, 3.8) is 0 Å². The van der Waals surface area contributed by atoms with E-state index in [2.05, 4.69) is 25.9 Å². The van der Waals surface area contributed by atoms with Gasteiger partial charge in [0.05, 0.1) is 19.0 Å². The van der Waals surface area contributed by atoms with Crippen molar-refractivity contribution in [2.24, 2.45) is 15.8 Å². The highest BCUT2D eigenvalue weighted by molar-refractivity contribution is 6.40. The number of nitrogens with zero attached hydrogens (tertiary/aromatic N) is 4. The van der Waals surface area contributed by atoms with Gasteiger partial charge in [-0.1, -0.05) is 6.07 Å². The van der Waals surface area contributed by atoms with E-state index in [0.717, 1.165) is 0 Å². The Bertz CT molecular complexity index is 1420. The molecule has 4 rings (SSSR count). The van der Waals surface area contributed by atoms with Crippen LogP contribution in [0.3, 0.4) is 0 Å². The Kier molecular flexibility index (Phi) is 8.79. The number of urea groups is 1. The van der Waals surface area contributed by atoms with Crippen LogP contribution in [-0.4, -0.2) is 64.2 Å². The molecular weight excluding hydrogens is 519 g/mol. The molecule has 208 valence electrons. The number of quaternary nitrogens is 1. The predicted octanol–water partition coefficient (Wildman–Crippen LogP) is 2.90. The van der Waals surface area contributed by atoms with Gasteiger partial charge in [-0.05, 0) is 49.4 Å². The fourth-order valence-electron chi connectivity index (χ4n) is 4.22. The number of carbonyl (C=O) groups is 3. The lowest BCUT2D eigenvalue weighted by Gasteiger charge is -2.25. The van der Waals surface area contributed by atoms with Gasteiger partial charge in [0, 0.05) is 43.0 Å². The quantitative estimate of drug-likeness (QED) is 0.227. The maximum Gasteiger partial charge on any atom is 0.333 e. The fourth-order valence-corrected chi connectivity index (χ4v) is 4.22. The van der Waals surface area contributed by atoms with Crippen LogP contribution < -0.4 is 21.8 Å². The van der Waals surface area contributed by atoms with Crippen LogP contribution in [0.2, 0.25) is 0 Å². The summed E-state index contributed by atoms with van der Waals surface area (Å²) in [4.78, 5) is 48.1. The van der Waals surface area contributed by atoms with Crippen molar-refractivity contribution >= 4 is 47.0 Å². The third-order valence-corrected chi connectivity index (χ3v) is 6.24. The zero-order valence-electron chi connectivity index (χ0n) is 21.8. The second-order valence-corrected chi connectivity index (χ2v) is 8.94. The number of aliphatic hydroxyl groups is 1. The molecule has 2 aliphatic heterocycles. The molecule has 0 saturated carbocycles. The van der Waals surface area contributed by atoms with Gasteiger partial charge in [0.15, 0.2) is 0 Å². The molecule has 40 heavy (non-hydrogen) atoms. The summed E-state index contributed by atoms with van der Waals surface area (Å²) < 4.78 is 12.8. The highest BCUT2D eigenvalue weighted by atomic mass is 19.1. The van der Waals surface area contributed by atoms with E-state index in [1.165, 1.54) is 36.8 Å². The zero-order chi connectivity index (χ0) is 28.7. The number of nitrogens with one attached hydrogen (secondary N) is 3. The number of amidine groups is 1. The number of hydrogen-bond donors (Lipinski definition) is 5. The fraction of sp³-hybridized carbons (Fsp3) is 0.222. The first-order chi connectivity index (χ1) is 19.2. The lowest BCUT2D eigenvalue weighted by molar-refractivity contribution is -0.749. The summed E-state index contributed by atoms with van der Waals surface area (Å²) in [6.45, 7) is 2.41. The van der Waals surface area contributed by atoms with Crippen molar-refractivity contribution in [3.8, 4) is 0 Å². The summed E-state index contributed by atoms with van der Waals surface area (Å²) in [7, 11) is 0. The number of rotatable bonds is 10. The standard InChI is InChI=1S/C27H29FN8O4/c1-2-35(13-15-37)24(38)11-10-22-23-17-30-12-14-36(23,29)25(34-22)26(39)31-19-6-8-20(9-7-19)32-27(40)33-21-5-3-4-18(28)16-21/h3-9,12,14,16-17,37H,2,10-11,13,15,29H2,1H3,(H2-,30,31,32,33,34,39,40)/p+1. The van der Waals surface area contributed by atoms with Crippen molar-refractivity contribution < 1.29 is 28.5 Å². The van der Waals surface area contributed by atoms with Crippen molar-refractivity contribution in [1.82, 2.24) is 4.90 Å². The molecule has 2 aromatic carbocycles. The smallest absolute Gasteiger partial charge is 0.333 e. The van der Waals surface area contributed by atoms with Crippen LogP contribution in [0, 0.1) is 5.82 Å². The van der Waals surface area contributed by atoms with E-state index in [1.54, 1.807) is 35.2 Å². The molecule has 0 saturated heterocycles. The minimum atomic E-state index is -0.557. The Hall–Kier alpha value is -4.72. The molecule has 0 aromatic heterocycles. The molecule has 2 aliphatic rings. The van der Waals surface area contributed by atoms with Gasteiger partial charge in [-0.15, -0.1) is 4.59 Å². The maximum atomic E-state index is 13.3. The number of aliphatic imine (C=N–C) groups is 2. The first-order valence-electron chi connectivity index (χ1n) is 12.6. The number of amides is 4. The largest absolute Gasteiger partial charge is 0.395 e. The van der Waals surface area contributed by atoms with Crippen molar-refractivity contribution in [3.05, 3.63) is 78.1 Å². The van der Waals surface area contributed by atoms with Crippen molar-refractivity contribution in [1.29, 1.82) is 0 Å². The molecule has 1 unspecified atom stereocenters. The second-order valence-electron chi connectivity index (χ2n) is 8.94. The summed E-state index contributed by atoms with van der Waals surface area (Å²) >= 11 is 0. The maximum absolute atomic E-state index is 13.3. The lowest BCUT2D eigenvalue weighted by atomic mass is 10.2. The number of likely N-dealkylation sites (N-methyl/N-ethyl adjacent to an activating group) is 1. The third kappa shape index (κ3) is 6.46. The summed E-state index contributed by atoms with van der Waals surface area (Å²) in [6.07, 6.45) is 4.88. The van der Waals surface area contributed by atoms with Gasteiger partial charge in [-0.3, -0.25) is 14.6 Å². The van der Waals surface area contributed by atoms with Gasteiger partial charge in [0.25, 0.3) is 0 Å². The molecule has 0 bridgehead atoms. The first kappa shape index (κ1) is 28.3. The van der Waals surface area contributed by atoms with E-state index in [0.29, 0.717) is 35.0 Å². The van der Waals surface area contributed by atoms with Crippen molar-refractivity contribution in [2.75, 3.05) is 35.6 Å². The molecule has 0 spiro atoms. The van der Waals surface area contributed by atoms with E-state index in [1.807, 2.05) is 6.92 Å². The third-order valence-electron chi connectivity index (χ3n) is 6.24. The van der Waals surface area contributed by atoms with Crippen LogP contribution in [0.1, 0.15) is 19.8 Å². The van der Waals surface area contributed by atoms with Gasteiger partial charge in [-0.2, -0.15) is 10.8 Å². The number of allylic oxidation sites excluding steroid dienone is 2. The van der Waals surface area contributed by atoms with Gasteiger partial charge in [0.1, 0.15) is 17.7 Å². The van der Waals surface area contributed by atoms with Gasteiger partial charge in [0.2, 0.25) is 11.6 Å². The molecular formula is C27H30FN8O4+. The van der Waals surface area contributed by atoms with Crippen molar-refractivity contribution in [2.45, 2.75) is 19.8 Å². The first-order valence-corrected chi connectivity index (χ1v) is 12.6. The number of carbonyl (C=O) groups excluding carboxylic acids is 3.